The number of hydrogen-bond donors (Lipinski definition) is 7. The number of carbonyl (C=O) groups excluding carboxylic acids is 2. The molecule has 5 rings (SSSR count). The minimum absolute atomic E-state index is 0.0287. The summed E-state index contributed by atoms with van der Waals surface area (Å²) in [6.45, 7) is 0.0626. The minimum atomic E-state index is -5.20. The van der Waals surface area contributed by atoms with Crippen molar-refractivity contribution in [1.29, 1.82) is 0 Å². The number of nitrogens with zero attached hydrogens (tertiary/aromatic N) is 6. The van der Waals surface area contributed by atoms with E-state index >= 15 is 0 Å². The van der Waals surface area contributed by atoms with Crippen LogP contribution < -0.4 is 10.6 Å². The zero-order chi connectivity index (χ0) is 44.0. The molecule has 0 saturated carbocycles. The van der Waals surface area contributed by atoms with Gasteiger partial charge >= 0.3 is 0 Å². The summed E-state index contributed by atoms with van der Waals surface area (Å²) in [6.07, 6.45) is 4.50. The van der Waals surface area contributed by atoms with Gasteiger partial charge in [-0.05, 0) is 67.1 Å². The molecular weight excluding hydrogens is 871 g/mol. The van der Waals surface area contributed by atoms with Crippen LogP contribution in [0, 0.1) is 0 Å². The summed E-state index contributed by atoms with van der Waals surface area (Å²) in [5, 5.41) is 27.7. The highest BCUT2D eigenvalue weighted by molar-refractivity contribution is 7.87. The first-order valence-corrected chi connectivity index (χ1v) is 21.7. The highest BCUT2D eigenvalue weighted by Gasteiger charge is 2.37. The number of allylic oxidation sites excluding steroid dienone is 3. The maximum Gasteiger partial charge on any atom is 0.296 e. The molecule has 2 aromatic carbocycles. The Kier molecular flexibility index (Phi) is 11.8. The largest absolute Gasteiger partial charge is 0.492 e. The van der Waals surface area contributed by atoms with E-state index in [0.717, 1.165) is 38.4 Å². The third-order valence-electron chi connectivity index (χ3n) is 8.37. The van der Waals surface area contributed by atoms with Crippen LogP contribution in [-0.2, 0) is 50.1 Å². The first-order valence-electron chi connectivity index (χ1n) is 16.0. The topological polar surface area (TPSA) is 373 Å². The van der Waals surface area contributed by atoms with Crippen LogP contribution in [0.3, 0.4) is 0 Å². The van der Waals surface area contributed by atoms with Gasteiger partial charge in [-0.3, -0.25) is 47.7 Å². The van der Waals surface area contributed by atoms with Crippen molar-refractivity contribution in [2.45, 2.75) is 32.4 Å². The van der Waals surface area contributed by atoms with E-state index in [-0.39, 0.29) is 23.7 Å². The molecule has 0 atom stereocenters. The Hall–Kier alpha value is -6.14. The number of aliphatic hydroxyl groups is 2. The number of rotatable bonds is 12. The number of hydrogen-bond acceptors (Lipinski definition) is 14. The van der Waals surface area contributed by atoms with Gasteiger partial charge < -0.3 is 15.1 Å². The van der Waals surface area contributed by atoms with E-state index < -0.39 is 123 Å². The minimum Gasteiger partial charge on any atom is -0.492 e. The maximum absolute atomic E-state index is 13.9. The Balaban J connectivity index is 1.72. The van der Waals surface area contributed by atoms with Crippen LogP contribution in [0.25, 0.3) is 11.8 Å². The number of likely N-dealkylation sites (tertiary alicyclic amines) is 1. The summed E-state index contributed by atoms with van der Waals surface area (Å²) in [5.41, 5.74) is -5.27. The highest BCUT2D eigenvalue weighted by Crippen LogP contribution is 2.33. The summed E-state index contributed by atoms with van der Waals surface area (Å²) in [4.78, 5) is 45.1. The SMILES string of the molecule is CN=C(O)C1=NN(c2cc(S(=O)(=O)O)ccc2S(=O)(=O)O)C(=O)C1=CC=C(C=Cc1c(C(O)=NC)[nH]n(-c2cc(S(=O)(=O)O)ccc2S(=O)(=O)O)c1=O)N1CCCC1=O. The van der Waals surface area contributed by atoms with Gasteiger partial charge in [-0.15, -0.1) is 0 Å². The first-order chi connectivity index (χ1) is 27.3. The van der Waals surface area contributed by atoms with Gasteiger partial charge in [-0.2, -0.15) is 43.8 Å². The van der Waals surface area contributed by atoms with Crippen molar-refractivity contribution in [3.8, 4) is 5.69 Å². The highest BCUT2D eigenvalue weighted by atomic mass is 32.2. The lowest BCUT2D eigenvalue weighted by Crippen LogP contribution is -2.25. The molecule has 1 fully saturated rings. The van der Waals surface area contributed by atoms with Crippen LogP contribution in [0.15, 0.2) is 105 Å². The molecule has 2 aliphatic rings. The standard InChI is InChI=1S/C31H29N7O17S4/c1-32-28(40)26-19(30(42)37(34-26)21-14-17(56(44,45)46)7-11-23(21)58(50,51)52)9-5-16(36-13-3-4-25(36)39)6-10-20-27(29(41)33-2)35-38(31(20)43)22-15-18(57(47,48)49)8-12-24(22)59(53,54)55/h5-12,14-15,34H,3-4,13H2,1-2H3,(H,32,40)(H,33,41)(H,44,45,46)(H,47,48,49)(H,50,51,52)(H,53,54,55). The van der Waals surface area contributed by atoms with E-state index in [0.29, 0.717) is 47.5 Å². The van der Waals surface area contributed by atoms with E-state index in [9.17, 15) is 76.5 Å². The number of H-pyrrole nitrogens is 1. The molecule has 0 spiro atoms. The number of carbonyl (C=O) groups is 2. The monoisotopic (exact) mass is 899 g/mol. The van der Waals surface area contributed by atoms with Crippen molar-refractivity contribution >= 4 is 81.6 Å². The van der Waals surface area contributed by atoms with Crippen LogP contribution >= 0.6 is 0 Å². The summed E-state index contributed by atoms with van der Waals surface area (Å²) in [6, 6.07) is 3.42. The Morgan fingerprint density at radius 3 is 1.81 bits per heavy atom. The summed E-state index contributed by atoms with van der Waals surface area (Å²) >= 11 is 0. The van der Waals surface area contributed by atoms with Crippen LogP contribution in [0.4, 0.5) is 5.69 Å². The van der Waals surface area contributed by atoms with E-state index in [1.54, 1.807) is 0 Å². The molecular formula is C31H29N7O17S4. The molecule has 59 heavy (non-hydrogen) atoms. The van der Waals surface area contributed by atoms with Gasteiger partial charge in [-0.25, -0.2) is 4.68 Å². The third kappa shape index (κ3) is 8.97. The van der Waals surface area contributed by atoms with Gasteiger partial charge in [0.05, 0.1) is 32.3 Å². The zero-order valence-corrected chi connectivity index (χ0v) is 33.2. The lowest BCUT2D eigenvalue weighted by atomic mass is 10.1. The Bertz CT molecular complexity index is 3030. The van der Waals surface area contributed by atoms with Gasteiger partial charge in [0.2, 0.25) is 17.7 Å². The van der Waals surface area contributed by atoms with Crippen molar-refractivity contribution < 1.29 is 71.7 Å². The third-order valence-corrected chi connectivity index (χ3v) is 11.9. The van der Waals surface area contributed by atoms with E-state index in [4.69, 9.17) is 0 Å². The Morgan fingerprint density at radius 1 is 0.780 bits per heavy atom. The molecule has 3 aromatic rings. The number of benzene rings is 2. The molecule has 314 valence electrons. The average molecular weight is 900 g/mol. The van der Waals surface area contributed by atoms with Gasteiger partial charge in [0.1, 0.15) is 15.5 Å². The Morgan fingerprint density at radius 2 is 1.32 bits per heavy atom. The lowest BCUT2D eigenvalue weighted by molar-refractivity contribution is -0.125. The first kappa shape index (κ1) is 44.0. The predicted molar refractivity (Wildman–Crippen MR) is 204 cm³/mol. The fourth-order valence-electron chi connectivity index (χ4n) is 5.64. The molecule has 0 aliphatic carbocycles. The van der Waals surface area contributed by atoms with Crippen molar-refractivity contribution in [3.05, 3.63) is 87.5 Å². The number of aliphatic imine (C=N–C) groups is 2. The quantitative estimate of drug-likeness (QED) is 0.0428. The van der Waals surface area contributed by atoms with E-state index in [2.05, 4.69) is 20.2 Å². The van der Waals surface area contributed by atoms with E-state index in [1.807, 2.05) is 0 Å². The average Bonchev–Trinajstić information content (AvgIpc) is 3.83. The zero-order valence-electron chi connectivity index (χ0n) is 29.9. The smallest absolute Gasteiger partial charge is 0.296 e. The molecule has 0 unspecified atom stereocenters. The number of hydrazone groups is 1. The number of nitrogens with one attached hydrogen (secondary N) is 1. The lowest BCUT2D eigenvalue weighted by Gasteiger charge is -2.17. The van der Waals surface area contributed by atoms with Gasteiger partial charge in [0, 0.05) is 32.8 Å². The number of aromatic amines is 1. The normalized spacial score (nSPS) is 17.2. The summed E-state index contributed by atoms with van der Waals surface area (Å²) < 4.78 is 136. The molecule has 24 nitrogen and oxygen atoms in total. The second-order valence-corrected chi connectivity index (χ2v) is 17.6. The fourth-order valence-corrected chi connectivity index (χ4v) is 7.95. The predicted octanol–water partition coefficient (Wildman–Crippen LogP) is 0.522. The van der Waals surface area contributed by atoms with Crippen LogP contribution in [0.2, 0.25) is 0 Å². The maximum atomic E-state index is 13.9. The van der Waals surface area contributed by atoms with Gasteiger partial charge in [-0.1, -0.05) is 0 Å². The van der Waals surface area contributed by atoms with Crippen LogP contribution in [-0.4, -0.2) is 127 Å². The molecule has 1 saturated heterocycles. The molecule has 0 radical (unpaired) electrons. The van der Waals surface area contributed by atoms with Crippen LogP contribution in [0.1, 0.15) is 24.1 Å². The number of aromatic nitrogens is 2. The number of anilines is 1. The molecule has 2 aliphatic heterocycles. The second kappa shape index (κ2) is 15.9. The van der Waals surface area contributed by atoms with Crippen molar-refractivity contribution in [2.75, 3.05) is 25.6 Å². The number of aliphatic hydroxyl groups excluding tert-OH is 2. The van der Waals surface area contributed by atoms with Crippen LogP contribution in [0.5, 0.6) is 0 Å². The van der Waals surface area contributed by atoms with Crippen molar-refractivity contribution in [1.82, 2.24) is 14.7 Å². The van der Waals surface area contributed by atoms with Gasteiger partial charge in [0.25, 0.3) is 51.9 Å². The van der Waals surface area contributed by atoms with Crippen molar-refractivity contribution in [2.24, 2.45) is 15.1 Å². The Labute approximate surface area is 333 Å². The summed E-state index contributed by atoms with van der Waals surface area (Å²) in [7, 11) is -18.2. The number of amides is 2. The van der Waals surface area contributed by atoms with E-state index in [1.165, 1.54) is 4.90 Å². The molecule has 28 heteroatoms. The molecule has 1 aromatic heterocycles. The van der Waals surface area contributed by atoms with Crippen molar-refractivity contribution in [3.63, 3.8) is 0 Å². The molecule has 7 N–H and O–H groups in total. The molecule has 3 heterocycles. The molecule has 0 bridgehead atoms. The van der Waals surface area contributed by atoms with Gasteiger partial charge in [0.15, 0.2) is 5.71 Å². The second-order valence-electron chi connectivity index (χ2n) is 12.0. The summed E-state index contributed by atoms with van der Waals surface area (Å²) in [5.74, 6) is -3.52. The molecule has 2 amide bonds. The fraction of sp³-hybridized carbons (Fsp3) is 0.161.